The van der Waals surface area contributed by atoms with Gasteiger partial charge in [0.25, 0.3) is 5.91 Å². The van der Waals surface area contributed by atoms with Crippen molar-refractivity contribution in [2.24, 2.45) is 0 Å². The number of anilines is 1. The van der Waals surface area contributed by atoms with Gasteiger partial charge in [-0.1, -0.05) is 5.16 Å². The van der Waals surface area contributed by atoms with Gasteiger partial charge in [-0.15, -0.1) is 0 Å². The number of carbonyl (C=O) groups excluding carboxylic acids is 2. The molecule has 2 aliphatic heterocycles. The third kappa shape index (κ3) is 2.46. The minimum Gasteiger partial charge on any atom is -0.360 e. The van der Waals surface area contributed by atoms with Crippen molar-refractivity contribution in [3.8, 4) is 0 Å². The van der Waals surface area contributed by atoms with Crippen molar-refractivity contribution in [1.29, 1.82) is 0 Å². The first-order chi connectivity index (χ1) is 12.2. The highest BCUT2D eigenvalue weighted by Gasteiger charge is 2.36. The second-order valence-corrected chi connectivity index (χ2v) is 6.81. The maximum absolute atomic E-state index is 12.4. The third-order valence-electron chi connectivity index (χ3n) is 5.01. The van der Waals surface area contributed by atoms with Gasteiger partial charge in [0.2, 0.25) is 0 Å². The van der Waals surface area contributed by atoms with Crippen LogP contribution in [0.4, 0.5) is 10.5 Å². The molecule has 2 aromatic rings. The molecule has 3 aliphatic rings. The van der Waals surface area contributed by atoms with Crippen molar-refractivity contribution in [2.75, 3.05) is 31.1 Å². The Balaban J connectivity index is 1.22. The van der Waals surface area contributed by atoms with E-state index in [4.69, 9.17) is 4.52 Å². The number of likely N-dealkylation sites (tertiary alicyclic amines) is 1. The van der Waals surface area contributed by atoms with Crippen LogP contribution in [0.3, 0.4) is 0 Å². The molecular weight excluding hydrogens is 324 g/mol. The number of amides is 3. The minimum absolute atomic E-state index is 0.0949. The zero-order valence-corrected chi connectivity index (χ0v) is 13.6. The summed E-state index contributed by atoms with van der Waals surface area (Å²) in [6.07, 6.45) is 5.78. The maximum Gasteiger partial charge on any atom is 0.322 e. The summed E-state index contributed by atoms with van der Waals surface area (Å²) in [6, 6.07) is 1.80. The van der Waals surface area contributed by atoms with Crippen molar-refractivity contribution < 1.29 is 14.1 Å². The van der Waals surface area contributed by atoms with E-state index < -0.39 is 0 Å². The lowest BCUT2D eigenvalue weighted by Gasteiger charge is -2.38. The van der Waals surface area contributed by atoms with E-state index in [1.807, 2.05) is 10.9 Å². The Labute approximate surface area is 143 Å². The molecule has 3 fully saturated rings. The number of nitrogens with zero attached hydrogens (tertiary/aromatic N) is 5. The molecule has 2 aromatic heterocycles. The van der Waals surface area contributed by atoms with Crippen molar-refractivity contribution in [3.63, 3.8) is 0 Å². The highest BCUT2D eigenvalue weighted by atomic mass is 16.5. The van der Waals surface area contributed by atoms with E-state index in [9.17, 15) is 9.59 Å². The molecule has 0 aromatic carbocycles. The van der Waals surface area contributed by atoms with Crippen molar-refractivity contribution in [3.05, 3.63) is 29.9 Å². The fourth-order valence-corrected chi connectivity index (χ4v) is 3.29. The molecule has 25 heavy (non-hydrogen) atoms. The minimum atomic E-state index is -0.0989. The number of urea groups is 1. The van der Waals surface area contributed by atoms with Crippen molar-refractivity contribution >= 4 is 17.6 Å². The highest BCUT2D eigenvalue weighted by Crippen LogP contribution is 2.40. The summed E-state index contributed by atoms with van der Waals surface area (Å²) in [5.41, 5.74) is 1.17. The fraction of sp³-hybridized carbons (Fsp3) is 0.500. The van der Waals surface area contributed by atoms with Gasteiger partial charge in [0.15, 0.2) is 5.69 Å². The first-order valence-corrected chi connectivity index (χ1v) is 8.54. The largest absolute Gasteiger partial charge is 0.360 e. The first-order valence-electron chi connectivity index (χ1n) is 8.54. The van der Waals surface area contributed by atoms with Gasteiger partial charge in [-0.2, -0.15) is 5.10 Å². The van der Waals surface area contributed by atoms with Gasteiger partial charge in [0, 0.05) is 44.4 Å². The Bertz CT molecular complexity index is 833. The van der Waals surface area contributed by atoms with E-state index in [0.29, 0.717) is 37.8 Å². The lowest BCUT2D eigenvalue weighted by Crippen LogP contribution is -2.51. The van der Waals surface area contributed by atoms with Crippen LogP contribution in [0, 0.1) is 0 Å². The van der Waals surface area contributed by atoms with E-state index in [1.54, 1.807) is 22.1 Å². The average molecular weight is 342 g/mol. The van der Waals surface area contributed by atoms with Gasteiger partial charge in [0.05, 0.1) is 17.9 Å². The molecule has 5 rings (SSSR count). The van der Waals surface area contributed by atoms with Crippen LogP contribution >= 0.6 is 0 Å². The normalized spacial score (nSPS) is 20.7. The molecule has 1 N–H and O–H groups in total. The Morgan fingerprint density at radius 2 is 2.16 bits per heavy atom. The third-order valence-corrected chi connectivity index (χ3v) is 5.01. The fourth-order valence-electron chi connectivity index (χ4n) is 3.29. The maximum atomic E-state index is 12.4. The quantitative estimate of drug-likeness (QED) is 0.893. The Morgan fingerprint density at radius 3 is 2.88 bits per heavy atom. The second kappa shape index (κ2) is 5.33. The Hall–Kier alpha value is -2.84. The zero-order valence-electron chi connectivity index (χ0n) is 13.6. The number of rotatable bonds is 4. The molecule has 0 spiro atoms. The van der Waals surface area contributed by atoms with E-state index in [1.165, 1.54) is 0 Å². The lowest BCUT2D eigenvalue weighted by molar-refractivity contribution is 0.0491. The Kier molecular flexibility index (Phi) is 3.09. The summed E-state index contributed by atoms with van der Waals surface area (Å²) in [7, 11) is 0. The monoisotopic (exact) mass is 342 g/mol. The van der Waals surface area contributed by atoms with Crippen LogP contribution in [-0.2, 0) is 0 Å². The molecule has 3 amide bonds. The molecule has 9 heteroatoms. The molecule has 0 radical (unpaired) electrons. The molecule has 0 bridgehead atoms. The number of nitrogens with one attached hydrogen (secondary N) is 1. The number of hydrogen-bond donors (Lipinski definition) is 1. The summed E-state index contributed by atoms with van der Waals surface area (Å²) in [6.45, 7) is 2.46. The number of hydrogen-bond acceptors (Lipinski definition) is 5. The molecular formula is C16H18N6O3. The van der Waals surface area contributed by atoms with Crippen LogP contribution in [0.25, 0.3) is 0 Å². The molecule has 4 heterocycles. The van der Waals surface area contributed by atoms with E-state index in [2.05, 4.69) is 15.6 Å². The Morgan fingerprint density at radius 1 is 1.32 bits per heavy atom. The molecule has 0 unspecified atom stereocenters. The van der Waals surface area contributed by atoms with Crippen molar-refractivity contribution in [2.45, 2.75) is 24.8 Å². The summed E-state index contributed by atoms with van der Waals surface area (Å²) in [5, 5.41) is 11.0. The lowest BCUT2D eigenvalue weighted by atomic mass is 10.1. The molecule has 1 aliphatic carbocycles. The smallest absolute Gasteiger partial charge is 0.322 e. The summed E-state index contributed by atoms with van der Waals surface area (Å²) >= 11 is 0. The summed E-state index contributed by atoms with van der Waals surface area (Å²) < 4.78 is 7.07. The van der Waals surface area contributed by atoms with Gasteiger partial charge >= 0.3 is 6.03 Å². The zero-order chi connectivity index (χ0) is 17.0. The molecule has 1 saturated carbocycles. The van der Waals surface area contributed by atoms with E-state index in [0.717, 1.165) is 24.3 Å². The number of carbonyl (C=O) groups is 2. The van der Waals surface area contributed by atoms with E-state index >= 15 is 0 Å². The van der Waals surface area contributed by atoms with Crippen molar-refractivity contribution in [1.82, 2.24) is 25.2 Å². The van der Waals surface area contributed by atoms with Gasteiger partial charge < -0.3 is 14.7 Å². The van der Waals surface area contributed by atoms with Gasteiger partial charge in [-0.3, -0.25) is 14.4 Å². The van der Waals surface area contributed by atoms with Crippen LogP contribution in [-0.4, -0.2) is 58.0 Å². The van der Waals surface area contributed by atoms with Crippen LogP contribution in [0.1, 0.15) is 41.1 Å². The molecule has 0 atom stereocenters. The van der Waals surface area contributed by atoms with E-state index in [-0.39, 0.29) is 18.0 Å². The summed E-state index contributed by atoms with van der Waals surface area (Å²) in [5.74, 6) is 1.17. The van der Waals surface area contributed by atoms with Gasteiger partial charge in [-0.05, 0) is 12.8 Å². The van der Waals surface area contributed by atoms with Crippen LogP contribution in [0.2, 0.25) is 0 Å². The summed E-state index contributed by atoms with van der Waals surface area (Å²) in [4.78, 5) is 27.5. The van der Waals surface area contributed by atoms with Gasteiger partial charge in [0.1, 0.15) is 5.76 Å². The van der Waals surface area contributed by atoms with Crippen LogP contribution < -0.4 is 10.2 Å². The standard InChI is InChI=1S/C16H18N6O3/c23-15(13-5-14(25-19-13)10-1-2-10)20-7-12(8-20)22-9-11(6-18-22)21-4-3-17-16(21)24/h5-6,9-10,12H,1-4,7-8H2,(H,17,24). The molecule has 130 valence electrons. The van der Waals surface area contributed by atoms with Crippen LogP contribution in [0.5, 0.6) is 0 Å². The number of aromatic nitrogens is 3. The highest BCUT2D eigenvalue weighted by molar-refractivity contribution is 5.94. The predicted octanol–water partition coefficient (Wildman–Crippen LogP) is 0.975. The molecule has 2 saturated heterocycles. The molecule has 9 nitrogen and oxygen atoms in total. The first kappa shape index (κ1) is 14.5. The average Bonchev–Trinajstić information content (AvgIpc) is 2.99. The topological polar surface area (TPSA) is 96.5 Å². The van der Waals surface area contributed by atoms with Crippen LogP contribution in [0.15, 0.2) is 23.0 Å². The van der Waals surface area contributed by atoms with Gasteiger partial charge in [-0.25, -0.2) is 4.79 Å². The second-order valence-electron chi connectivity index (χ2n) is 6.81. The SMILES string of the molecule is O=C(c1cc(C2CC2)on1)N1CC(n2cc(N3CCNC3=O)cn2)C1. The predicted molar refractivity (Wildman–Crippen MR) is 86.4 cm³/mol.